The Bertz CT molecular complexity index is 363. The van der Waals surface area contributed by atoms with Crippen molar-refractivity contribution in [2.75, 3.05) is 7.05 Å². The molecular weight excluding hydrogens is 186 g/mol. The lowest BCUT2D eigenvalue weighted by molar-refractivity contribution is 0.145. The van der Waals surface area contributed by atoms with Crippen LogP contribution >= 0.6 is 0 Å². The lowest BCUT2D eigenvalue weighted by Crippen LogP contribution is -2.07. The Morgan fingerprint density at radius 1 is 1.43 bits per heavy atom. The zero-order valence-electron chi connectivity index (χ0n) is 8.22. The van der Waals surface area contributed by atoms with Gasteiger partial charge in [0.15, 0.2) is 0 Å². The molecular formula is C10H12F2N2. The van der Waals surface area contributed by atoms with Crippen molar-refractivity contribution < 1.29 is 8.78 Å². The van der Waals surface area contributed by atoms with Crippen molar-refractivity contribution >= 4 is 0 Å². The molecule has 0 saturated heterocycles. The molecule has 1 aromatic heterocycles. The second-order valence-corrected chi connectivity index (χ2v) is 3.76. The van der Waals surface area contributed by atoms with Crippen LogP contribution in [-0.2, 0) is 13.1 Å². The molecule has 1 aliphatic rings. The van der Waals surface area contributed by atoms with E-state index < -0.39 is 6.43 Å². The van der Waals surface area contributed by atoms with Gasteiger partial charge in [-0.2, -0.15) is 0 Å². The van der Waals surface area contributed by atoms with Crippen LogP contribution in [-0.4, -0.2) is 16.9 Å². The van der Waals surface area contributed by atoms with Crippen LogP contribution in [0, 0.1) is 6.92 Å². The van der Waals surface area contributed by atoms with Crippen LogP contribution in [0.2, 0.25) is 0 Å². The van der Waals surface area contributed by atoms with Gasteiger partial charge in [0.25, 0.3) is 6.43 Å². The van der Waals surface area contributed by atoms with Gasteiger partial charge in [0.05, 0.1) is 5.69 Å². The van der Waals surface area contributed by atoms with Crippen molar-refractivity contribution in [3.8, 4) is 0 Å². The number of nitrogens with zero attached hydrogens (tertiary/aromatic N) is 2. The van der Waals surface area contributed by atoms with E-state index in [2.05, 4.69) is 9.88 Å². The molecule has 0 atom stereocenters. The summed E-state index contributed by atoms with van der Waals surface area (Å²) in [7, 11) is 1.96. The smallest absolute Gasteiger partial charge is 0.280 e. The Labute approximate surface area is 81.6 Å². The molecule has 0 radical (unpaired) electrons. The van der Waals surface area contributed by atoms with Gasteiger partial charge in [-0.15, -0.1) is 0 Å². The van der Waals surface area contributed by atoms with Gasteiger partial charge < -0.3 is 0 Å². The average Bonchev–Trinajstić information content (AvgIpc) is 2.45. The highest BCUT2D eigenvalue weighted by atomic mass is 19.3. The van der Waals surface area contributed by atoms with Crippen LogP contribution in [0.15, 0.2) is 6.07 Å². The molecule has 1 aromatic rings. The molecule has 0 unspecified atom stereocenters. The zero-order chi connectivity index (χ0) is 10.3. The molecule has 0 aliphatic carbocycles. The number of hydrogen-bond acceptors (Lipinski definition) is 2. The molecule has 0 spiro atoms. The van der Waals surface area contributed by atoms with Crippen molar-refractivity contribution in [3.63, 3.8) is 0 Å². The van der Waals surface area contributed by atoms with Crippen molar-refractivity contribution in [2.24, 2.45) is 0 Å². The summed E-state index contributed by atoms with van der Waals surface area (Å²) in [6, 6.07) is 1.49. The highest BCUT2D eigenvalue weighted by molar-refractivity contribution is 5.34. The third kappa shape index (κ3) is 1.50. The van der Waals surface area contributed by atoms with Crippen LogP contribution in [0.4, 0.5) is 8.78 Å². The predicted octanol–water partition coefficient (Wildman–Crippen LogP) is 2.27. The highest BCUT2D eigenvalue weighted by Crippen LogP contribution is 2.26. The SMILES string of the molecule is Cc1cc(C(F)F)nc2c1CN(C)C2. The molecule has 4 heteroatoms. The van der Waals surface area contributed by atoms with E-state index in [4.69, 9.17) is 0 Å². The van der Waals surface area contributed by atoms with E-state index in [1.165, 1.54) is 6.07 Å². The summed E-state index contributed by atoms with van der Waals surface area (Å²) < 4.78 is 24.9. The van der Waals surface area contributed by atoms with Gasteiger partial charge in [-0.05, 0) is 31.2 Å². The largest absolute Gasteiger partial charge is 0.296 e. The average molecular weight is 198 g/mol. The summed E-state index contributed by atoms with van der Waals surface area (Å²) in [4.78, 5) is 6.04. The maximum Gasteiger partial charge on any atom is 0.280 e. The Morgan fingerprint density at radius 3 is 2.79 bits per heavy atom. The number of aromatic nitrogens is 1. The summed E-state index contributed by atoms with van der Waals surface area (Å²) in [6.45, 7) is 3.36. The maximum absolute atomic E-state index is 12.4. The molecule has 1 aliphatic heterocycles. The van der Waals surface area contributed by atoms with E-state index in [1.54, 1.807) is 0 Å². The third-order valence-electron chi connectivity index (χ3n) is 2.52. The second-order valence-electron chi connectivity index (χ2n) is 3.76. The second kappa shape index (κ2) is 3.28. The fraction of sp³-hybridized carbons (Fsp3) is 0.500. The number of alkyl halides is 2. The topological polar surface area (TPSA) is 16.1 Å². The number of fused-ring (bicyclic) bond motifs is 1. The van der Waals surface area contributed by atoms with Crippen LogP contribution in [0.1, 0.15) is 28.9 Å². The summed E-state index contributed by atoms with van der Waals surface area (Å²) in [5.74, 6) is 0. The number of rotatable bonds is 1. The highest BCUT2D eigenvalue weighted by Gasteiger charge is 2.21. The first-order valence-electron chi connectivity index (χ1n) is 4.54. The van der Waals surface area contributed by atoms with E-state index >= 15 is 0 Å². The first kappa shape index (κ1) is 9.52. The monoisotopic (exact) mass is 198 g/mol. The fourth-order valence-electron chi connectivity index (χ4n) is 1.83. The summed E-state index contributed by atoms with van der Waals surface area (Å²) in [5.41, 5.74) is 2.74. The zero-order valence-corrected chi connectivity index (χ0v) is 8.22. The predicted molar refractivity (Wildman–Crippen MR) is 49.1 cm³/mol. The van der Waals surface area contributed by atoms with Crippen LogP contribution in [0.3, 0.4) is 0 Å². The number of pyridine rings is 1. The molecule has 0 bridgehead atoms. The minimum Gasteiger partial charge on any atom is -0.296 e. The standard InChI is InChI=1S/C10H12F2N2/c1-6-3-8(10(11)12)13-9-5-14(2)4-7(6)9/h3,10H,4-5H2,1-2H3. The van der Waals surface area contributed by atoms with E-state index in [0.29, 0.717) is 6.54 Å². The fourth-order valence-corrected chi connectivity index (χ4v) is 1.83. The van der Waals surface area contributed by atoms with Crippen molar-refractivity contribution in [1.29, 1.82) is 0 Å². The van der Waals surface area contributed by atoms with Crippen molar-refractivity contribution in [2.45, 2.75) is 26.4 Å². The first-order valence-corrected chi connectivity index (χ1v) is 4.54. The summed E-state index contributed by atoms with van der Waals surface area (Å²) in [5, 5.41) is 0. The Morgan fingerprint density at radius 2 is 2.14 bits per heavy atom. The van der Waals surface area contributed by atoms with Crippen molar-refractivity contribution in [1.82, 2.24) is 9.88 Å². The number of halogens is 2. The molecule has 0 amide bonds. The molecule has 14 heavy (non-hydrogen) atoms. The van der Waals surface area contributed by atoms with E-state index in [9.17, 15) is 8.78 Å². The molecule has 2 nitrogen and oxygen atoms in total. The van der Waals surface area contributed by atoms with Gasteiger partial charge in [0.2, 0.25) is 0 Å². The summed E-state index contributed by atoms with van der Waals surface area (Å²) in [6.07, 6.45) is -2.47. The van der Waals surface area contributed by atoms with Gasteiger partial charge >= 0.3 is 0 Å². The Hall–Kier alpha value is -1.03. The molecule has 0 N–H and O–H groups in total. The van der Waals surface area contributed by atoms with Gasteiger partial charge in [-0.3, -0.25) is 9.88 Å². The lowest BCUT2D eigenvalue weighted by atomic mass is 10.1. The van der Waals surface area contributed by atoms with Crippen molar-refractivity contribution in [3.05, 3.63) is 28.6 Å². The Kier molecular flexibility index (Phi) is 2.23. The van der Waals surface area contributed by atoms with Gasteiger partial charge in [0, 0.05) is 13.1 Å². The minimum atomic E-state index is -2.47. The number of hydrogen-bond donors (Lipinski definition) is 0. The minimum absolute atomic E-state index is 0.100. The molecule has 0 aromatic carbocycles. The van der Waals surface area contributed by atoms with E-state index in [-0.39, 0.29) is 5.69 Å². The number of aryl methyl sites for hydroxylation is 1. The van der Waals surface area contributed by atoms with Gasteiger partial charge in [-0.1, -0.05) is 0 Å². The molecule has 2 heterocycles. The normalized spacial score (nSPS) is 16.4. The molecule has 0 saturated carbocycles. The van der Waals surface area contributed by atoms with Gasteiger partial charge in [0.1, 0.15) is 5.69 Å². The van der Waals surface area contributed by atoms with Crippen LogP contribution < -0.4 is 0 Å². The maximum atomic E-state index is 12.4. The molecule has 76 valence electrons. The van der Waals surface area contributed by atoms with Crippen LogP contribution in [0.25, 0.3) is 0 Å². The quantitative estimate of drug-likeness (QED) is 0.688. The Balaban J connectivity index is 2.46. The lowest BCUT2D eigenvalue weighted by Gasteiger charge is -2.05. The van der Waals surface area contributed by atoms with Gasteiger partial charge in [-0.25, -0.2) is 8.78 Å². The van der Waals surface area contributed by atoms with Crippen LogP contribution in [0.5, 0.6) is 0 Å². The summed E-state index contributed by atoms with van der Waals surface area (Å²) >= 11 is 0. The third-order valence-corrected chi connectivity index (χ3v) is 2.52. The van der Waals surface area contributed by atoms with E-state index in [0.717, 1.165) is 23.4 Å². The van der Waals surface area contributed by atoms with E-state index in [1.807, 2.05) is 14.0 Å². The first-order chi connectivity index (χ1) is 6.58. The molecule has 0 fully saturated rings. The molecule has 2 rings (SSSR count).